The van der Waals surface area contributed by atoms with E-state index in [9.17, 15) is 4.79 Å². The van der Waals surface area contributed by atoms with Crippen LogP contribution in [0.15, 0.2) is 36.5 Å². The molecule has 1 aliphatic carbocycles. The number of anilines is 1. The standard InChI is InChI=1S/C26H32N4O/c1-2-3-14-30-15-13-21(18-30)19-9-11-20(12-10-19)22-16-24(25(27)28-17-22)26(31)29-23-7-5-4-6-8-23/h9-12,16-17,21,23H,4-8,13-15,18H2,1H3,(H2,27,28)(H,29,31). The first-order valence-corrected chi connectivity index (χ1v) is 11.4. The van der Waals surface area contributed by atoms with E-state index in [-0.39, 0.29) is 17.8 Å². The monoisotopic (exact) mass is 416 g/mol. The fourth-order valence-corrected chi connectivity index (χ4v) is 4.71. The average Bonchev–Trinajstić information content (AvgIpc) is 3.28. The van der Waals surface area contributed by atoms with E-state index in [0.29, 0.717) is 11.5 Å². The van der Waals surface area contributed by atoms with Crippen LogP contribution in [0.1, 0.15) is 67.3 Å². The summed E-state index contributed by atoms with van der Waals surface area (Å²) in [6.07, 6.45) is 8.62. The van der Waals surface area contributed by atoms with Gasteiger partial charge in [-0.2, -0.15) is 0 Å². The van der Waals surface area contributed by atoms with Crippen molar-refractivity contribution in [1.82, 2.24) is 15.2 Å². The molecule has 5 nitrogen and oxygen atoms in total. The van der Waals surface area contributed by atoms with Crippen LogP contribution >= 0.6 is 0 Å². The van der Waals surface area contributed by atoms with Crippen LogP contribution in [0, 0.1) is 11.8 Å². The maximum atomic E-state index is 12.8. The van der Waals surface area contributed by atoms with E-state index in [4.69, 9.17) is 5.73 Å². The topological polar surface area (TPSA) is 71.2 Å². The molecule has 2 fully saturated rings. The number of hydrogen-bond donors (Lipinski definition) is 2. The van der Waals surface area contributed by atoms with Gasteiger partial charge in [0.1, 0.15) is 5.82 Å². The van der Waals surface area contributed by atoms with Crippen molar-refractivity contribution in [2.45, 2.75) is 57.4 Å². The number of pyridine rings is 1. The summed E-state index contributed by atoms with van der Waals surface area (Å²) in [5.74, 6) is 6.87. The Labute approximate surface area is 185 Å². The second-order valence-corrected chi connectivity index (χ2v) is 8.73. The van der Waals surface area contributed by atoms with Crippen LogP contribution in [0.4, 0.5) is 5.82 Å². The van der Waals surface area contributed by atoms with Gasteiger partial charge in [-0.05, 0) is 55.8 Å². The Morgan fingerprint density at radius 1 is 1.16 bits per heavy atom. The van der Waals surface area contributed by atoms with Crippen LogP contribution in [0.2, 0.25) is 0 Å². The summed E-state index contributed by atoms with van der Waals surface area (Å²) in [5, 5.41) is 3.15. The maximum absolute atomic E-state index is 12.8. The summed E-state index contributed by atoms with van der Waals surface area (Å²) in [6, 6.07) is 10.8. The first kappa shape index (κ1) is 21.4. The Hall–Kier alpha value is -2.84. The molecule has 1 amide bonds. The molecule has 0 spiro atoms. The van der Waals surface area contributed by atoms with Gasteiger partial charge >= 0.3 is 0 Å². The predicted octanol–water partition coefficient (Wildman–Crippen LogP) is 4.21. The van der Waals surface area contributed by atoms with Gasteiger partial charge in [-0.3, -0.25) is 9.69 Å². The molecule has 3 N–H and O–H groups in total. The van der Waals surface area contributed by atoms with Gasteiger partial charge in [0, 0.05) is 24.3 Å². The Balaban J connectivity index is 1.45. The number of nitrogens with two attached hydrogens (primary N) is 1. The van der Waals surface area contributed by atoms with Gasteiger partial charge in [-0.1, -0.05) is 49.4 Å². The highest BCUT2D eigenvalue weighted by molar-refractivity contribution is 5.99. The third-order valence-electron chi connectivity index (χ3n) is 6.57. The number of nitrogen functional groups attached to an aromatic ring is 1. The van der Waals surface area contributed by atoms with Crippen LogP contribution in [0.25, 0.3) is 11.1 Å². The second kappa shape index (κ2) is 9.98. The SMILES string of the molecule is CC#CCN1CCC(c2ccc(-c3cnc(N)c(C(=O)NC4CCCCC4)c3)cc2)C1. The molecule has 2 aromatic rings. The Bertz CT molecular complexity index is 967. The van der Waals surface area contributed by atoms with E-state index in [1.165, 1.54) is 31.2 Å². The highest BCUT2D eigenvalue weighted by Gasteiger charge is 2.23. The molecule has 2 aliphatic rings. The maximum Gasteiger partial charge on any atom is 0.255 e. The lowest BCUT2D eigenvalue weighted by Gasteiger charge is -2.23. The first-order valence-electron chi connectivity index (χ1n) is 11.4. The fourth-order valence-electron chi connectivity index (χ4n) is 4.71. The predicted molar refractivity (Wildman–Crippen MR) is 126 cm³/mol. The zero-order valence-electron chi connectivity index (χ0n) is 18.4. The van der Waals surface area contributed by atoms with Crippen molar-refractivity contribution in [2.75, 3.05) is 25.4 Å². The minimum atomic E-state index is -0.114. The molecular formula is C26H32N4O. The van der Waals surface area contributed by atoms with Gasteiger partial charge in [-0.15, -0.1) is 5.92 Å². The van der Waals surface area contributed by atoms with E-state index >= 15 is 0 Å². The summed E-state index contributed by atoms with van der Waals surface area (Å²) in [5.41, 5.74) is 9.83. The summed E-state index contributed by atoms with van der Waals surface area (Å²) in [4.78, 5) is 19.5. The Morgan fingerprint density at radius 3 is 2.68 bits per heavy atom. The van der Waals surface area contributed by atoms with Gasteiger partial charge in [0.2, 0.25) is 0 Å². The third-order valence-corrected chi connectivity index (χ3v) is 6.57. The molecule has 0 radical (unpaired) electrons. The molecular weight excluding hydrogens is 384 g/mol. The van der Waals surface area contributed by atoms with E-state index in [1.54, 1.807) is 6.20 Å². The average molecular weight is 417 g/mol. The lowest BCUT2D eigenvalue weighted by Crippen LogP contribution is -2.36. The van der Waals surface area contributed by atoms with Crippen molar-refractivity contribution < 1.29 is 4.79 Å². The van der Waals surface area contributed by atoms with Crippen LogP contribution in [-0.4, -0.2) is 41.5 Å². The fraction of sp³-hybridized carbons (Fsp3) is 0.462. The molecule has 0 bridgehead atoms. The highest BCUT2D eigenvalue weighted by atomic mass is 16.1. The molecule has 1 saturated carbocycles. The van der Waals surface area contributed by atoms with Crippen molar-refractivity contribution in [3.05, 3.63) is 47.7 Å². The summed E-state index contributed by atoms with van der Waals surface area (Å²) >= 11 is 0. The van der Waals surface area contributed by atoms with Crippen molar-refractivity contribution in [3.8, 4) is 23.0 Å². The third kappa shape index (κ3) is 5.26. The van der Waals surface area contributed by atoms with E-state index in [1.807, 2.05) is 13.0 Å². The van der Waals surface area contributed by atoms with Crippen LogP contribution in [0.3, 0.4) is 0 Å². The minimum Gasteiger partial charge on any atom is -0.383 e. The first-order chi connectivity index (χ1) is 15.1. The van der Waals surface area contributed by atoms with E-state index < -0.39 is 0 Å². The summed E-state index contributed by atoms with van der Waals surface area (Å²) < 4.78 is 0. The van der Waals surface area contributed by atoms with Crippen molar-refractivity contribution >= 4 is 11.7 Å². The number of carbonyl (C=O) groups excluding carboxylic acids is 1. The molecule has 1 aromatic heterocycles. The molecule has 1 saturated heterocycles. The Kier molecular flexibility index (Phi) is 6.89. The number of likely N-dealkylation sites (tertiary alicyclic amines) is 1. The molecule has 162 valence electrons. The normalized spacial score (nSPS) is 19.6. The zero-order valence-corrected chi connectivity index (χ0v) is 18.4. The van der Waals surface area contributed by atoms with Gasteiger partial charge in [0.15, 0.2) is 0 Å². The molecule has 1 aliphatic heterocycles. The van der Waals surface area contributed by atoms with Crippen LogP contribution in [0.5, 0.6) is 0 Å². The number of nitrogens with zero attached hydrogens (tertiary/aromatic N) is 2. The molecule has 1 aromatic carbocycles. The lowest BCUT2D eigenvalue weighted by molar-refractivity contribution is 0.0928. The quantitative estimate of drug-likeness (QED) is 0.717. The van der Waals surface area contributed by atoms with E-state index in [0.717, 1.165) is 43.6 Å². The van der Waals surface area contributed by atoms with Gasteiger partial charge in [-0.25, -0.2) is 4.98 Å². The summed E-state index contributed by atoms with van der Waals surface area (Å²) in [7, 11) is 0. The van der Waals surface area contributed by atoms with Crippen LogP contribution in [-0.2, 0) is 0 Å². The van der Waals surface area contributed by atoms with E-state index in [2.05, 4.69) is 51.3 Å². The molecule has 2 heterocycles. The largest absolute Gasteiger partial charge is 0.383 e. The molecule has 31 heavy (non-hydrogen) atoms. The summed E-state index contributed by atoms with van der Waals surface area (Å²) in [6.45, 7) is 4.91. The second-order valence-electron chi connectivity index (χ2n) is 8.73. The Morgan fingerprint density at radius 2 is 1.94 bits per heavy atom. The minimum absolute atomic E-state index is 0.114. The number of aromatic nitrogens is 1. The van der Waals surface area contributed by atoms with Crippen LogP contribution < -0.4 is 11.1 Å². The number of rotatable bonds is 5. The molecule has 1 atom stereocenters. The molecule has 5 heteroatoms. The smallest absolute Gasteiger partial charge is 0.255 e. The molecule has 1 unspecified atom stereocenters. The number of carbonyl (C=O) groups is 1. The lowest BCUT2D eigenvalue weighted by atomic mass is 9.95. The zero-order chi connectivity index (χ0) is 21.6. The highest BCUT2D eigenvalue weighted by Crippen LogP contribution is 2.29. The number of amides is 1. The van der Waals surface area contributed by atoms with Crippen molar-refractivity contribution in [2.24, 2.45) is 0 Å². The number of benzene rings is 1. The van der Waals surface area contributed by atoms with Gasteiger partial charge < -0.3 is 11.1 Å². The van der Waals surface area contributed by atoms with Crippen molar-refractivity contribution in [3.63, 3.8) is 0 Å². The molecule has 4 rings (SSSR count). The van der Waals surface area contributed by atoms with Gasteiger partial charge in [0.25, 0.3) is 5.91 Å². The van der Waals surface area contributed by atoms with Crippen molar-refractivity contribution in [1.29, 1.82) is 0 Å². The van der Waals surface area contributed by atoms with Gasteiger partial charge in [0.05, 0.1) is 12.1 Å². The number of hydrogen-bond acceptors (Lipinski definition) is 4. The number of nitrogens with one attached hydrogen (secondary N) is 1.